The minimum atomic E-state index is 0.462. The Bertz CT molecular complexity index is 101. The second kappa shape index (κ2) is 4.76. The third-order valence-electron chi connectivity index (χ3n) is 2.38. The number of ether oxygens (including phenoxy) is 1. The smallest absolute Gasteiger partial charge is 0.0603 e. The zero-order chi connectivity index (χ0) is 8.10. The Morgan fingerprint density at radius 3 is 2.73 bits per heavy atom. The molecule has 0 heterocycles. The van der Waals surface area contributed by atoms with Crippen LogP contribution in [0, 0.1) is 12.8 Å². The van der Waals surface area contributed by atoms with Crippen molar-refractivity contribution < 1.29 is 4.74 Å². The summed E-state index contributed by atoms with van der Waals surface area (Å²) >= 11 is 0. The molecule has 1 rings (SSSR count). The molecule has 0 amide bonds. The molecule has 1 radical (unpaired) electrons. The highest BCUT2D eigenvalue weighted by molar-refractivity contribution is 4.77. The Labute approximate surface area is 70.1 Å². The molecule has 0 saturated heterocycles. The van der Waals surface area contributed by atoms with E-state index >= 15 is 0 Å². The molecule has 65 valence electrons. The Morgan fingerprint density at radius 1 is 1.36 bits per heavy atom. The Hall–Kier alpha value is -0.0400. The highest BCUT2D eigenvalue weighted by atomic mass is 16.5. The molecule has 0 bridgehead atoms. The van der Waals surface area contributed by atoms with Crippen molar-refractivity contribution in [3.8, 4) is 0 Å². The molecule has 0 aromatic carbocycles. The maximum atomic E-state index is 5.68. The van der Waals surface area contributed by atoms with Gasteiger partial charge in [0.15, 0.2) is 0 Å². The van der Waals surface area contributed by atoms with E-state index in [4.69, 9.17) is 4.74 Å². The van der Waals surface area contributed by atoms with Crippen LogP contribution in [0.2, 0.25) is 0 Å². The Kier molecular flexibility index (Phi) is 3.92. The van der Waals surface area contributed by atoms with E-state index in [1.165, 1.54) is 25.7 Å². The third-order valence-corrected chi connectivity index (χ3v) is 2.38. The molecule has 0 N–H and O–H groups in total. The SMILES string of the molecule is [CH2]C1CCCCC1OCCC. The number of hydrogen-bond donors (Lipinski definition) is 0. The van der Waals surface area contributed by atoms with Gasteiger partial charge >= 0.3 is 0 Å². The predicted molar refractivity (Wildman–Crippen MR) is 47.3 cm³/mol. The van der Waals surface area contributed by atoms with E-state index in [2.05, 4.69) is 13.8 Å². The molecular weight excluding hydrogens is 136 g/mol. The molecule has 1 nitrogen and oxygen atoms in total. The molecule has 2 atom stereocenters. The molecule has 0 aromatic heterocycles. The van der Waals surface area contributed by atoms with Crippen LogP contribution in [0.15, 0.2) is 0 Å². The van der Waals surface area contributed by atoms with Gasteiger partial charge in [0.25, 0.3) is 0 Å². The van der Waals surface area contributed by atoms with E-state index < -0.39 is 0 Å². The van der Waals surface area contributed by atoms with E-state index in [0.717, 1.165) is 13.0 Å². The largest absolute Gasteiger partial charge is 0.378 e. The highest BCUT2D eigenvalue weighted by Crippen LogP contribution is 2.25. The Balaban J connectivity index is 2.18. The highest BCUT2D eigenvalue weighted by Gasteiger charge is 2.21. The standard InChI is InChI=1S/C10H19O/c1-3-8-11-10-7-5-4-6-9(10)2/h9-10H,2-8H2,1H3. The lowest BCUT2D eigenvalue weighted by Crippen LogP contribution is -2.25. The van der Waals surface area contributed by atoms with Crippen molar-refractivity contribution in [3.05, 3.63) is 6.92 Å². The summed E-state index contributed by atoms with van der Waals surface area (Å²) in [6.07, 6.45) is 6.76. The van der Waals surface area contributed by atoms with Gasteiger partial charge in [-0.3, -0.25) is 0 Å². The van der Waals surface area contributed by atoms with Crippen LogP contribution in [0.4, 0.5) is 0 Å². The topological polar surface area (TPSA) is 9.23 Å². The summed E-state index contributed by atoms with van der Waals surface area (Å²) in [6.45, 7) is 7.17. The van der Waals surface area contributed by atoms with E-state index in [1.807, 2.05) is 0 Å². The van der Waals surface area contributed by atoms with Crippen molar-refractivity contribution in [1.29, 1.82) is 0 Å². The molecule has 1 aliphatic rings. The van der Waals surface area contributed by atoms with Crippen LogP contribution in [0.1, 0.15) is 39.0 Å². The lowest BCUT2D eigenvalue weighted by atomic mass is 9.88. The molecule has 1 saturated carbocycles. The normalized spacial score (nSPS) is 32.2. The van der Waals surface area contributed by atoms with Crippen molar-refractivity contribution in [2.75, 3.05) is 6.61 Å². The summed E-state index contributed by atoms with van der Waals surface area (Å²) in [5.74, 6) is 0.551. The number of hydrogen-bond acceptors (Lipinski definition) is 1. The minimum Gasteiger partial charge on any atom is -0.378 e. The fraction of sp³-hybridized carbons (Fsp3) is 0.900. The molecule has 2 unspecified atom stereocenters. The van der Waals surface area contributed by atoms with Gasteiger partial charge in [-0.2, -0.15) is 0 Å². The van der Waals surface area contributed by atoms with E-state index in [1.54, 1.807) is 0 Å². The molecule has 11 heavy (non-hydrogen) atoms. The first-order valence-electron chi connectivity index (χ1n) is 4.79. The summed E-state index contributed by atoms with van der Waals surface area (Å²) in [5, 5.41) is 0. The van der Waals surface area contributed by atoms with Crippen molar-refractivity contribution in [1.82, 2.24) is 0 Å². The van der Waals surface area contributed by atoms with Gasteiger partial charge in [0, 0.05) is 6.61 Å². The fourth-order valence-corrected chi connectivity index (χ4v) is 1.66. The molecule has 0 aromatic rings. The molecule has 1 heteroatoms. The summed E-state index contributed by atoms with van der Waals surface area (Å²) in [7, 11) is 0. The van der Waals surface area contributed by atoms with Crippen LogP contribution in [0.3, 0.4) is 0 Å². The summed E-state index contributed by atoms with van der Waals surface area (Å²) in [4.78, 5) is 0. The molecular formula is C10H19O. The fourth-order valence-electron chi connectivity index (χ4n) is 1.66. The summed E-state index contributed by atoms with van der Waals surface area (Å²) in [5.41, 5.74) is 0. The van der Waals surface area contributed by atoms with Gasteiger partial charge in [0.05, 0.1) is 6.10 Å². The van der Waals surface area contributed by atoms with Gasteiger partial charge in [-0.25, -0.2) is 0 Å². The van der Waals surface area contributed by atoms with Gasteiger partial charge in [0.2, 0.25) is 0 Å². The van der Waals surface area contributed by atoms with Crippen molar-refractivity contribution >= 4 is 0 Å². The van der Waals surface area contributed by atoms with Crippen LogP contribution >= 0.6 is 0 Å². The Morgan fingerprint density at radius 2 is 2.09 bits per heavy atom. The second-order valence-corrected chi connectivity index (χ2v) is 3.45. The van der Waals surface area contributed by atoms with Crippen LogP contribution in [0.25, 0.3) is 0 Å². The lowest BCUT2D eigenvalue weighted by molar-refractivity contribution is 0.00337. The van der Waals surface area contributed by atoms with Gasteiger partial charge in [-0.15, -0.1) is 0 Å². The van der Waals surface area contributed by atoms with E-state index in [0.29, 0.717) is 12.0 Å². The average Bonchev–Trinajstić information content (AvgIpc) is 2.03. The predicted octanol–water partition coefficient (Wildman–Crippen LogP) is 2.81. The molecule has 1 fully saturated rings. The van der Waals surface area contributed by atoms with Crippen LogP contribution in [-0.4, -0.2) is 12.7 Å². The quantitative estimate of drug-likeness (QED) is 0.609. The maximum absolute atomic E-state index is 5.68. The zero-order valence-corrected chi connectivity index (χ0v) is 7.51. The molecule has 1 aliphatic carbocycles. The molecule has 0 aliphatic heterocycles. The third kappa shape index (κ3) is 2.82. The first-order valence-corrected chi connectivity index (χ1v) is 4.79. The van der Waals surface area contributed by atoms with Crippen molar-refractivity contribution in [2.24, 2.45) is 5.92 Å². The lowest BCUT2D eigenvalue weighted by Gasteiger charge is -2.28. The van der Waals surface area contributed by atoms with Gasteiger partial charge in [0.1, 0.15) is 0 Å². The first-order chi connectivity index (χ1) is 5.34. The summed E-state index contributed by atoms with van der Waals surface area (Å²) in [6, 6.07) is 0. The first kappa shape index (κ1) is 9.05. The molecule has 0 spiro atoms. The average molecular weight is 155 g/mol. The minimum absolute atomic E-state index is 0.462. The van der Waals surface area contributed by atoms with Crippen LogP contribution < -0.4 is 0 Å². The zero-order valence-electron chi connectivity index (χ0n) is 7.51. The van der Waals surface area contributed by atoms with Crippen molar-refractivity contribution in [2.45, 2.75) is 45.1 Å². The van der Waals surface area contributed by atoms with Crippen LogP contribution in [-0.2, 0) is 4.74 Å². The maximum Gasteiger partial charge on any atom is 0.0603 e. The van der Waals surface area contributed by atoms with Gasteiger partial charge in [-0.1, -0.05) is 19.8 Å². The number of rotatable bonds is 3. The van der Waals surface area contributed by atoms with Gasteiger partial charge < -0.3 is 4.74 Å². The van der Waals surface area contributed by atoms with E-state index in [9.17, 15) is 0 Å². The second-order valence-electron chi connectivity index (χ2n) is 3.45. The van der Waals surface area contributed by atoms with Gasteiger partial charge in [-0.05, 0) is 32.1 Å². The van der Waals surface area contributed by atoms with E-state index in [-0.39, 0.29) is 0 Å². The van der Waals surface area contributed by atoms with Crippen LogP contribution in [0.5, 0.6) is 0 Å². The summed E-state index contributed by atoms with van der Waals surface area (Å²) < 4.78 is 5.68. The van der Waals surface area contributed by atoms with Crippen molar-refractivity contribution in [3.63, 3.8) is 0 Å². The monoisotopic (exact) mass is 155 g/mol.